The molecule has 1 aromatic rings. The third-order valence-electron chi connectivity index (χ3n) is 3.32. The quantitative estimate of drug-likeness (QED) is 0.611. The minimum absolute atomic E-state index is 0.0192. The summed E-state index contributed by atoms with van der Waals surface area (Å²) in [7, 11) is 0. The van der Waals surface area contributed by atoms with Gasteiger partial charge in [0.1, 0.15) is 5.84 Å². The van der Waals surface area contributed by atoms with Crippen molar-refractivity contribution < 1.29 is 9.72 Å². The van der Waals surface area contributed by atoms with Crippen molar-refractivity contribution in [3.8, 4) is 0 Å². The number of hydrogen-bond donors (Lipinski definition) is 0. The van der Waals surface area contributed by atoms with Gasteiger partial charge in [-0.1, -0.05) is 6.58 Å². The van der Waals surface area contributed by atoms with Crippen molar-refractivity contribution in [2.45, 2.75) is 6.92 Å². The van der Waals surface area contributed by atoms with Gasteiger partial charge in [-0.3, -0.25) is 24.9 Å². The van der Waals surface area contributed by atoms with Gasteiger partial charge in [-0.15, -0.1) is 0 Å². The Morgan fingerprint density at radius 2 is 2.25 bits per heavy atom. The highest BCUT2D eigenvalue weighted by atomic mass is 16.6. The summed E-state index contributed by atoms with van der Waals surface area (Å²) in [5.74, 6) is 0.506. The molecule has 0 fully saturated rings. The molecule has 0 saturated carbocycles. The van der Waals surface area contributed by atoms with E-state index in [1.165, 1.54) is 21.9 Å². The molecule has 2 amide bonds. The number of amides is 2. The molecular formula is C13H12N4O3. The van der Waals surface area contributed by atoms with Gasteiger partial charge in [0, 0.05) is 29.9 Å². The Hall–Kier alpha value is -2.70. The van der Waals surface area contributed by atoms with Crippen LogP contribution in [0.5, 0.6) is 0 Å². The fourth-order valence-corrected chi connectivity index (χ4v) is 2.47. The van der Waals surface area contributed by atoms with Crippen molar-refractivity contribution in [3.05, 3.63) is 46.2 Å². The summed E-state index contributed by atoms with van der Waals surface area (Å²) in [4.78, 5) is 30.1. The lowest BCUT2D eigenvalue weighted by Gasteiger charge is -2.35. The van der Waals surface area contributed by atoms with E-state index in [9.17, 15) is 14.9 Å². The Balaban J connectivity index is 2.24. The lowest BCUT2D eigenvalue weighted by Crippen LogP contribution is -2.48. The van der Waals surface area contributed by atoms with Crippen LogP contribution in [-0.2, 0) is 0 Å². The number of urea groups is 1. The Bertz CT molecular complexity index is 680. The molecule has 0 radical (unpaired) electrons. The first kappa shape index (κ1) is 12.3. The lowest BCUT2D eigenvalue weighted by atomic mass is 10.1. The van der Waals surface area contributed by atoms with Gasteiger partial charge in [-0.25, -0.2) is 4.79 Å². The molecule has 3 rings (SSSR count). The maximum atomic E-state index is 12.4. The van der Waals surface area contributed by atoms with E-state index < -0.39 is 4.92 Å². The van der Waals surface area contributed by atoms with Gasteiger partial charge in [-0.2, -0.15) is 0 Å². The van der Waals surface area contributed by atoms with E-state index in [2.05, 4.69) is 11.6 Å². The Labute approximate surface area is 115 Å². The van der Waals surface area contributed by atoms with Gasteiger partial charge in [0.15, 0.2) is 0 Å². The second-order valence-corrected chi connectivity index (χ2v) is 4.67. The number of anilines is 1. The fourth-order valence-electron chi connectivity index (χ4n) is 2.47. The smallest absolute Gasteiger partial charge is 0.276 e. The third-order valence-corrected chi connectivity index (χ3v) is 3.32. The summed E-state index contributed by atoms with van der Waals surface area (Å²) < 4.78 is 0. The number of nitro benzene ring substituents is 1. The predicted molar refractivity (Wildman–Crippen MR) is 73.9 cm³/mol. The van der Waals surface area contributed by atoms with Crippen LogP contribution in [0, 0.1) is 10.1 Å². The number of aliphatic imine (C=N–C) groups is 1. The Morgan fingerprint density at radius 1 is 1.50 bits per heavy atom. The van der Waals surface area contributed by atoms with Crippen LogP contribution >= 0.6 is 0 Å². The summed E-state index contributed by atoms with van der Waals surface area (Å²) in [6, 6.07) is 4.19. The number of rotatable bonds is 2. The van der Waals surface area contributed by atoms with Crippen LogP contribution in [-0.4, -0.2) is 34.8 Å². The molecule has 2 aliphatic rings. The van der Waals surface area contributed by atoms with Gasteiger partial charge in [0.25, 0.3) is 5.69 Å². The molecule has 7 nitrogen and oxygen atoms in total. The van der Waals surface area contributed by atoms with Gasteiger partial charge >= 0.3 is 6.03 Å². The molecule has 2 aliphatic heterocycles. The average Bonchev–Trinajstić information content (AvgIpc) is 2.87. The summed E-state index contributed by atoms with van der Waals surface area (Å²) in [6.45, 7) is 6.52. The minimum atomic E-state index is -0.457. The number of fused-ring (bicyclic) bond motifs is 3. The normalized spacial score (nSPS) is 16.6. The maximum Gasteiger partial charge on any atom is 0.334 e. The molecule has 7 heteroatoms. The first-order chi connectivity index (χ1) is 9.50. The zero-order valence-electron chi connectivity index (χ0n) is 10.9. The van der Waals surface area contributed by atoms with Gasteiger partial charge < -0.3 is 0 Å². The van der Waals surface area contributed by atoms with E-state index in [1.807, 2.05) is 0 Å². The highest BCUT2D eigenvalue weighted by Crippen LogP contribution is 2.35. The van der Waals surface area contributed by atoms with Crippen LogP contribution in [0.2, 0.25) is 0 Å². The molecule has 102 valence electrons. The first-order valence-corrected chi connectivity index (χ1v) is 6.11. The Morgan fingerprint density at radius 3 is 2.90 bits per heavy atom. The van der Waals surface area contributed by atoms with Crippen molar-refractivity contribution in [3.63, 3.8) is 0 Å². The monoisotopic (exact) mass is 272 g/mol. The molecule has 0 unspecified atom stereocenters. The zero-order chi connectivity index (χ0) is 14.4. The number of allylic oxidation sites excluding steroid dienone is 1. The number of amidine groups is 1. The summed E-state index contributed by atoms with van der Waals surface area (Å²) >= 11 is 0. The number of non-ortho nitro benzene ring substituents is 1. The number of carbonyl (C=O) groups is 1. The molecule has 0 spiro atoms. The maximum absolute atomic E-state index is 12.4. The second-order valence-electron chi connectivity index (χ2n) is 4.67. The van der Waals surface area contributed by atoms with E-state index in [4.69, 9.17) is 0 Å². The number of hydrogen-bond acceptors (Lipinski definition) is 4. The SMILES string of the molecule is C=C(C)N1C(=O)N2CCN=C2c2cc([N+](=O)[O-])ccc21. The van der Waals surface area contributed by atoms with E-state index >= 15 is 0 Å². The standard InChI is InChI=1S/C13H12N4O3/c1-8(2)16-11-4-3-9(17(19)20)7-10(11)12-14-5-6-15(12)13(16)18/h3-4,7H,1,5-6H2,2H3. The fraction of sp³-hybridized carbons (Fsp3) is 0.231. The first-order valence-electron chi connectivity index (χ1n) is 6.11. The molecule has 0 atom stereocenters. The van der Waals surface area contributed by atoms with Crippen molar-refractivity contribution in [1.82, 2.24) is 4.90 Å². The average molecular weight is 272 g/mol. The number of benzene rings is 1. The lowest BCUT2D eigenvalue weighted by molar-refractivity contribution is -0.384. The van der Waals surface area contributed by atoms with Crippen LogP contribution in [0.4, 0.5) is 16.2 Å². The van der Waals surface area contributed by atoms with Crippen LogP contribution in [0.25, 0.3) is 0 Å². The molecule has 0 N–H and O–H groups in total. The molecule has 2 heterocycles. The van der Waals surface area contributed by atoms with Crippen molar-refractivity contribution in [2.24, 2.45) is 4.99 Å². The van der Waals surface area contributed by atoms with E-state index in [1.54, 1.807) is 13.0 Å². The van der Waals surface area contributed by atoms with Crippen LogP contribution in [0.3, 0.4) is 0 Å². The number of nitro groups is 1. The predicted octanol–water partition coefficient (Wildman–Crippen LogP) is 2.13. The number of nitrogens with zero attached hydrogens (tertiary/aromatic N) is 4. The van der Waals surface area contributed by atoms with Gasteiger partial charge in [-0.05, 0) is 13.0 Å². The van der Waals surface area contributed by atoms with Crippen molar-refractivity contribution in [1.29, 1.82) is 0 Å². The molecule has 1 aromatic carbocycles. The molecular weight excluding hydrogens is 260 g/mol. The van der Waals surface area contributed by atoms with Crippen LogP contribution in [0.1, 0.15) is 12.5 Å². The highest BCUT2D eigenvalue weighted by molar-refractivity contribution is 6.21. The van der Waals surface area contributed by atoms with Crippen LogP contribution < -0.4 is 4.90 Å². The van der Waals surface area contributed by atoms with Crippen LogP contribution in [0.15, 0.2) is 35.5 Å². The largest absolute Gasteiger partial charge is 0.334 e. The van der Waals surface area contributed by atoms with Crippen molar-refractivity contribution >= 4 is 23.2 Å². The topological polar surface area (TPSA) is 79.0 Å². The van der Waals surface area contributed by atoms with Gasteiger partial charge in [0.2, 0.25) is 0 Å². The zero-order valence-corrected chi connectivity index (χ0v) is 10.9. The summed E-state index contributed by atoms with van der Waals surface area (Å²) in [5.41, 5.74) is 1.73. The summed E-state index contributed by atoms with van der Waals surface area (Å²) in [5, 5.41) is 10.9. The van der Waals surface area contributed by atoms with E-state index in [0.717, 1.165) is 0 Å². The van der Waals surface area contributed by atoms with E-state index in [-0.39, 0.29) is 11.7 Å². The molecule has 0 aromatic heterocycles. The second kappa shape index (κ2) is 4.16. The molecule has 0 bridgehead atoms. The third kappa shape index (κ3) is 1.59. The number of carbonyl (C=O) groups excluding carboxylic acids is 1. The molecule has 0 aliphatic carbocycles. The molecule has 0 saturated heterocycles. The summed E-state index contributed by atoms with van der Waals surface area (Å²) in [6.07, 6.45) is 0. The Kier molecular flexibility index (Phi) is 2.56. The minimum Gasteiger partial charge on any atom is -0.276 e. The van der Waals surface area contributed by atoms with E-state index in [0.29, 0.717) is 35.9 Å². The van der Waals surface area contributed by atoms with Crippen molar-refractivity contribution in [2.75, 3.05) is 18.0 Å². The molecule has 20 heavy (non-hydrogen) atoms. The highest BCUT2D eigenvalue weighted by Gasteiger charge is 2.38. The van der Waals surface area contributed by atoms with Gasteiger partial charge in [0.05, 0.1) is 17.2 Å².